The van der Waals surface area contributed by atoms with Crippen molar-refractivity contribution in [2.45, 2.75) is 12.0 Å². The third kappa shape index (κ3) is 4.28. The zero-order valence-electron chi connectivity index (χ0n) is 16.6. The number of nitrogens with zero attached hydrogens (tertiary/aromatic N) is 1. The highest BCUT2D eigenvalue weighted by Crippen LogP contribution is 2.42. The van der Waals surface area contributed by atoms with Crippen molar-refractivity contribution in [2.24, 2.45) is 0 Å². The molecule has 6 heteroatoms. The number of amides is 1. The minimum absolute atomic E-state index is 0.0964. The molecule has 1 saturated heterocycles. The van der Waals surface area contributed by atoms with Gasteiger partial charge in [-0.2, -0.15) is 0 Å². The number of rotatable bonds is 6. The number of halogens is 1. The molecule has 0 N–H and O–H groups in total. The van der Waals surface area contributed by atoms with Crippen LogP contribution in [0.25, 0.3) is 0 Å². The van der Waals surface area contributed by atoms with E-state index in [9.17, 15) is 9.18 Å². The second kappa shape index (κ2) is 9.22. The van der Waals surface area contributed by atoms with Gasteiger partial charge in [0.15, 0.2) is 11.5 Å². The van der Waals surface area contributed by atoms with E-state index in [0.29, 0.717) is 24.7 Å². The van der Waals surface area contributed by atoms with Gasteiger partial charge in [0.1, 0.15) is 17.8 Å². The lowest BCUT2D eigenvalue weighted by Crippen LogP contribution is -2.31. The summed E-state index contributed by atoms with van der Waals surface area (Å²) in [7, 11) is 1.60. The molecule has 1 aliphatic rings. The molecule has 0 saturated carbocycles. The summed E-state index contributed by atoms with van der Waals surface area (Å²) in [5, 5.41) is -0.206. The van der Waals surface area contributed by atoms with Crippen LogP contribution in [0.1, 0.15) is 26.9 Å². The Bertz CT molecular complexity index is 1030. The minimum atomic E-state index is -0.500. The molecule has 0 bridgehead atoms. The quantitative estimate of drug-likeness (QED) is 0.539. The van der Waals surface area contributed by atoms with Crippen LogP contribution in [0.15, 0.2) is 72.8 Å². The summed E-state index contributed by atoms with van der Waals surface area (Å²) in [5.41, 5.74) is 2.07. The maximum absolute atomic E-state index is 14.2. The van der Waals surface area contributed by atoms with E-state index >= 15 is 0 Å². The maximum Gasteiger partial charge on any atom is 0.258 e. The molecule has 3 aromatic rings. The van der Waals surface area contributed by atoms with E-state index in [4.69, 9.17) is 9.47 Å². The first kappa shape index (κ1) is 20.3. The lowest BCUT2D eigenvalue weighted by molar-refractivity contribution is 0.0755. The van der Waals surface area contributed by atoms with E-state index in [0.717, 1.165) is 16.9 Å². The van der Waals surface area contributed by atoms with Crippen molar-refractivity contribution in [2.75, 3.05) is 19.4 Å². The van der Waals surface area contributed by atoms with Gasteiger partial charge in [0.05, 0.1) is 12.7 Å². The first-order valence-corrected chi connectivity index (χ1v) is 10.7. The summed E-state index contributed by atoms with van der Waals surface area (Å²) in [6.07, 6.45) is 0. The molecule has 1 amide bonds. The van der Waals surface area contributed by atoms with Crippen molar-refractivity contribution in [1.82, 2.24) is 4.90 Å². The van der Waals surface area contributed by atoms with Crippen LogP contribution in [-0.2, 0) is 6.61 Å². The Morgan fingerprint density at radius 3 is 2.60 bits per heavy atom. The van der Waals surface area contributed by atoms with Crippen LogP contribution in [0.5, 0.6) is 11.5 Å². The van der Waals surface area contributed by atoms with Gasteiger partial charge in [-0.15, -0.1) is 11.8 Å². The van der Waals surface area contributed by atoms with E-state index in [2.05, 4.69) is 0 Å². The molecule has 0 aliphatic carbocycles. The van der Waals surface area contributed by atoms with Crippen LogP contribution in [0.2, 0.25) is 0 Å². The lowest BCUT2D eigenvalue weighted by atomic mass is 10.1. The molecule has 1 unspecified atom stereocenters. The summed E-state index contributed by atoms with van der Waals surface area (Å²) >= 11 is 1.66. The van der Waals surface area contributed by atoms with Crippen molar-refractivity contribution >= 4 is 17.7 Å². The Morgan fingerprint density at radius 2 is 1.83 bits per heavy atom. The molecule has 1 fully saturated rings. The number of hydrogen-bond donors (Lipinski definition) is 0. The van der Waals surface area contributed by atoms with E-state index in [1.165, 1.54) is 12.1 Å². The Hall–Kier alpha value is -2.99. The van der Waals surface area contributed by atoms with Gasteiger partial charge in [-0.25, -0.2) is 4.39 Å². The lowest BCUT2D eigenvalue weighted by Gasteiger charge is -2.25. The zero-order valence-corrected chi connectivity index (χ0v) is 17.4. The molecule has 0 spiro atoms. The summed E-state index contributed by atoms with van der Waals surface area (Å²) in [5.74, 6) is 1.23. The highest BCUT2D eigenvalue weighted by atomic mass is 32.2. The molecule has 4 rings (SSSR count). The molecular formula is C24H22FNO3S. The summed E-state index contributed by atoms with van der Waals surface area (Å²) in [4.78, 5) is 14.7. The van der Waals surface area contributed by atoms with Crippen LogP contribution < -0.4 is 9.47 Å². The number of thioether (sulfide) groups is 1. The van der Waals surface area contributed by atoms with E-state index in [1.807, 2.05) is 48.5 Å². The van der Waals surface area contributed by atoms with Gasteiger partial charge in [-0.05, 0) is 35.4 Å². The van der Waals surface area contributed by atoms with Gasteiger partial charge >= 0.3 is 0 Å². The van der Waals surface area contributed by atoms with Crippen molar-refractivity contribution in [1.29, 1.82) is 0 Å². The van der Waals surface area contributed by atoms with Crippen molar-refractivity contribution in [3.8, 4) is 11.5 Å². The van der Waals surface area contributed by atoms with Crippen LogP contribution in [-0.4, -0.2) is 30.2 Å². The number of methoxy groups -OCH3 is 1. The van der Waals surface area contributed by atoms with Crippen molar-refractivity contribution < 1.29 is 18.7 Å². The Balaban J connectivity index is 1.58. The third-order valence-electron chi connectivity index (χ3n) is 4.97. The molecule has 0 aromatic heterocycles. The normalized spacial score (nSPS) is 15.8. The molecule has 30 heavy (non-hydrogen) atoms. The molecule has 4 nitrogen and oxygen atoms in total. The number of ether oxygens (including phenoxy) is 2. The van der Waals surface area contributed by atoms with Gasteiger partial charge in [0.25, 0.3) is 5.91 Å². The van der Waals surface area contributed by atoms with Gasteiger partial charge < -0.3 is 14.4 Å². The average Bonchev–Trinajstić information content (AvgIpc) is 3.28. The van der Waals surface area contributed by atoms with Crippen molar-refractivity contribution in [3.63, 3.8) is 0 Å². The Labute approximate surface area is 179 Å². The number of carbonyl (C=O) groups excluding carboxylic acids is 1. The van der Waals surface area contributed by atoms with Gasteiger partial charge in [0, 0.05) is 12.3 Å². The monoisotopic (exact) mass is 423 g/mol. The fourth-order valence-corrected chi connectivity index (χ4v) is 4.68. The molecule has 1 heterocycles. The fraction of sp³-hybridized carbons (Fsp3) is 0.208. The second-order valence-electron chi connectivity index (χ2n) is 6.89. The first-order valence-electron chi connectivity index (χ1n) is 9.69. The van der Waals surface area contributed by atoms with Gasteiger partial charge in [0.2, 0.25) is 0 Å². The van der Waals surface area contributed by atoms with Gasteiger partial charge in [-0.3, -0.25) is 4.79 Å². The molecule has 0 radical (unpaired) electrons. The predicted molar refractivity (Wildman–Crippen MR) is 116 cm³/mol. The third-order valence-corrected chi connectivity index (χ3v) is 6.23. The predicted octanol–water partition coefficient (Wildman–Crippen LogP) is 5.30. The van der Waals surface area contributed by atoms with Gasteiger partial charge in [-0.1, -0.05) is 48.5 Å². The van der Waals surface area contributed by atoms with Crippen LogP contribution in [0.3, 0.4) is 0 Å². The number of hydrogen-bond acceptors (Lipinski definition) is 4. The maximum atomic E-state index is 14.2. The van der Waals surface area contributed by atoms with Crippen molar-refractivity contribution in [3.05, 3.63) is 95.3 Å². The first-order chi connectivity index (χ1) is 14.7. The van der Waals surface area contributed by atoms with E-state index in [-0.39, 0.29) is 16.8 Å². The fourth-order valence-electron chi connectivity index (χ4n) is 3.44. The Kier molecular flexibility index (Phi) is 6.23. The van der Waals surface area contributed by atoms with Crippen LogP contribution in [0.4, 0.5) is 4.39 Å². The molecule has 1 atom stereocenters. The average molecular weight is 424 g/mol. The smallest absolute Gasteiger partial charge is 0.258 e. The largest absolute Gasteiger partial charge is 0.493 e. The molecule has 154 valence electrons. The van der Waals surface area contributed by atoms with Crippen LogP contribution in [0, 0.1) is 5.82 Å². The highest BCUT2D eigenvalue weighted by molar-refractivity contribution is 7.99. The number of benzene rings is 3. The molecule has 3 aromatic carbocycles. The molecular weight excluding hydrogens is 401 g/mol. The van der Waals surface area contributed by atoms with E-state index in [1.54, 1.807) is 35.9 Å². The summed E-state index contributed by atoms with van der Waals surface area (Å²) in [6, 6.07) is 21.7. The summed E-state index contributed by atoms with van der Waals surface area (Å²) < 4.78 is 25.6. The summed E-state index contributed by atoms with van der Waals surface area (Å²) in [6.45, 7) is 0.977. The minimum Gasteiger partial charge on any atom is -0.493 e. The standard InChI is InChI=1S/C24H22FNO3S/c1-28-21-12-11-18(15-22(21)29-16-17-7-3-2-4-8-17)24-26(13-14-30-24)23(27)19-9-5-6-10-20(19)25/h2-12,15,24H,13-14,16H2,1H3. The van der Waals surface area contributed by atoms with Crippen LogP contribution >= 0.6 is 11.8 Å². The SMILES string of the molecule is COc1ccc(C2SCCN2C(=O)c2ccccc2F)cc1OCc1ccccc1. The van der Waals surface area contributed by atoms with E-state index < -0.39 is 5.82 Å². The zero-order chi connectivity index (χ0) is 20.9. The molecule has 1 aliphatic heterocycles. The highest BCUT2D eigenvalue weighted by Gasteiger charge is 2.32. The topological polar surface area (TPSA) is 38.8 Å². The Morgan fingerprint density at radius 1 is 1.07 bits per heavy atom. The number of carbonyl (C=O) groups is 1. The second-order valence-corrected chi connectivity index (χ2v) is 8.07.